The van der Waals surface area contributed by atoms with Gasteiger partial charge in [-0.3, -0.25) is 4.21 Å². The molecule has 1 atom stereocenters. The molecule has 1 unspecified atom stereocenters. The highest BCUT2D eigenvalue weighted by atomic mass is 79.9. The maximum absolute atomic E-state index is 11.5. The molecule has 0 bridgehead atoms. The summed E-state index contributed by atoms with van der Waals surface area (Å²) in [6.07, 6.45) is 0.836. The zero-order valence-corrected chi connectivity index (χ0v) is 10.3. The van der Waals surface area contributed by atoms with Crippen LogP contribution in [0.3, 0.4) is 0 Å². The van der Waals surface area contributed by atoms with E-state index in [-0.39, 0.29) is 0 Å². The molecule has 0 aromatic heterocycles. The quantitative estimate of drug-likeness (QED) is 0.894. The van der Waals surface area contributed by atoms with Crippen molar-refractivity contribution in [2.45, 2.75) is 12.2 Å². The first kappa shape index (κ1) is 11.9. The van der Waals surface area contributed by atoms with Crippen LogP contribution in [0.15, 0.2) is 28.7 Å². The number of halogens is 1. The molecule has 1 aromatic carbocycles. The molecule has 0 saturated heterocycles. The van der Waals surface area contributed by atoms with E-state index in [9.17, 15) is 4.21 Å². The van der Waals surface area contributed by atoms with Gasteiger partial charge in [-0.25, -0.2) is 0 Å². The predicted molar refractivity (Wildman–Crippen MR) is 64.5 cm³/mol. The lowest BCUT2D eigenvalue weighted by Gasteiger charge is -2.01. The Bertz CT molecular complexity index is 299. The molecule has 2 N–H and O–H groups in total. The minimum absolute atomic E-state index is 0.617. The molecule has 0 aliphatic heterocycles. The SMILES string of the molecule is NCCCS(=O)Cc1ccc(Br)cc1. The molecule has 0 heterocycles. The van der Waals surface area contributed by atoms with E-state index < -0.39 is 10.8 Å². The van der Waals surface area contributed by atoms with Crippen LogP contribution < -0.4 is 5.73 Å². The van der Waals surface area contributed by atoms with Gasteiger partial charge in [-0.15, -0.1) is 0 Å². The van der Waals surface area contributed by atoms with E-state index in [0.717, 1.165) is 16.5 Å². The summed E-state index contributed by atoms with van der Waals surface area (Å²) in [6, 6.07) is 7.92. The van der Waals surface area contributed by atoms with Crippen molar-refractivity contribution >= 4 is 26.7 Å². The Morgan fingerprint density at radius 1 is 1.29 bits per heavy atom. The van der Waals surface area contributed by atoms with Crippen LogP contribution in [0.5, 0.6) is 0 Å². The minimum Gasteiger partial charge on any atom is -0.330 e. The average Bonchev–Trinajstić information content (AvgIpc) is 2.18. The fourth-order valence-corrected chi connectivity index (χ4v) is 2.54. The van der Waals surface area contributed by atoms with Crippen molar-refractivity contribution in [3.63, 3.8) is 0 Å². The molecule has 1 aromatic rings. The summed E-state index contributed by atoms with van der Waals surface area (Å²) in [4.78, 5) is 0. The van der Waals surface area contributed by atoms with Gasteiger partial charge in [-0.05, 0) is 30.7 Å². The number of nitrogens with two attached hydrogens (primary N) is 1. The fourth-order valence-electron chi connectivity index (χ4n) is 1.08. The molecule has 1 rings (SSSR count). The highest BCUT2D eigenvalue weighted by Crippen LogP contribution is 2.11. The largest absolute Gasteiger partial charge is 0.330 e. The molecule has 0 amide bonds. The molecule has 0 spiro atoms. The molecule has 2 nitrogen and oxygen atoms in total. The van der Waals surface area contributed by atoms with Crippen LogP contribution in [-0.4, -0.2) is 16.5 Å². The Morgan fingerprint density at radius 3 is 2.50 bits per heavy atom. The van der Waals surface area contributed by atoms with Crippen LogP contribution >= 0.6 is 15.9 Å². The molecule has 14 heavy (non-hydrogen) atoms. The highest BCUT2D eigenvalue weighted by Gasteiger charge is 2.00. The van der Waals surface area contributed by atoms with E-state index in [0.29, 0.717) is 18.1 Å². The summed E-state index contributed by atoms with van der Waals surface area (Å²) < 4.78 is 12.6. The summed E-state index contributed by atoms with van der Waals surface area (Å²) in [5, 5.41) is 0. The topological polar surface area (TPSA) is 43.1 Å². The second-order valence-electron chi connectivity index (χ2n) is 3.06. The summed E-state index contributed by atoms with van der Waals surface area (Å²) >= 11 is 3.36. The summed E-state index contributed by atoms with van der Waals surface area (Å²) in [7, 11) is -0.773. The van der Waals surface area contributed by atoms with Crippen molar-refractivity contribution in [2.75, 3.05) is 12.3 Å². The monoisotopic (exact) mass is 275 g/mol. The van der Waals surface area contributed by atoms with Crippen molar-refractivity contribution in [3.8, 4) is 0 Å². The molecule has 0 aliphatic carbocycles. The van der Waals surface area contributed by atoms with Crippen LogP contribution in [0.25, 0.3) is 0 Å². The van der Waals surface area contributed by atoms with E-state index in [2.05, 4.69) is 15.9 Å². The van der Waals surface area contributed by atoms with E-state index in [1.165, 1.54) is 0 Å². The smallest absolute Gasteiger partial charge is 0.0485 e. The Kier molecular flexibility index (Phi) is 5.37. The summed E-state index contributed by atoms with van der Waals surface area (Å²) in [5.41, 5.74) is 6.46. The second-order valence-corrected chi connectivity index (χ2v) is 5.55. The van der Waals surface area contributed by atoms with Gasteiger partial charge < -0.3 is 5.73 Å². The van der Waals surface area contributed by atoms with Crippen molar-refractivity contribution in [1.82, 2.24) is 0 Å². The highest BCUT2D eigenvalue weighted by molar-refractivity contribution is 9.10. The molecule has 0 radical (unpaired) electrons. The minimum atomic E-state index is -0.773. The van der Waals surface area contributed by atoms with E-state index in [4.69, 9.17) is 5.73 Å². The Hall–Kier alpha value is -0.190. The zero-order valence-electron chi connectivity index (χ0n) is 7.91. The molecular weight excluding hydrogens is 262 g/mol. The van der Waals surface area contributed by atoms with Crippen molar-refractivity contribution in [2.24, 2.45) is 5.73 Å². The number of rotatable bonds is 5. The molecular formula is C10H14BrNOS. The maximum Gasteiger partial charge on any atom is 0.0485 e. The normalized spacial score (nSPS) is 12.7. The summed E-state index contributed by atoms with van der Waals surface area (Å²) in [6.45, 7) is 0.617. The van der Waals surface area contributed by atoms with Crippen LogP contribution in [0, 0.1) is 0 Å². The lowest BCUT2D eigenvalue weighted by Crippen LogP contribution is -2.07. The van der Waals surface area contributed by atoms with Crippen LogP contribution in [0.4, 0.5) is 0 Å². The number of benzene rings is 1. The molecule has 4 heteroatoms. The van der Waals surface area contributed by atoms with Crippen LogP contribution in [0.2, 0.25) is 0 Å². The number of hydrogen-bond donors (Lipinski definition) is 1. The van der Waals surface area contributed by atoms with E-state index >= 15 is 0 Å². The van der Waals surface area contributed by atoms with E-state index in [1.807, 2.05) is 24.3 Å². The third-order valence-corrected chi connectivity index (χ3v) is 3.75. The summed E-state index contributed by atoms with van der Waals surface area (Å²) in [5.74, 6) is 1.33. The zero-order chi connectivity index (χ0) is 10.4. The van der Waals surface area contributed by atoms with Gasteiger partial charge in [0.25, 0.3) is 0 Å². The van der Waals surface area contributed by atoms with Gasteiger partial charge in [0.05, 0.1) is 0 Å². The third-order valence-electron chi connectivity index (χ3n) is 1.82. The third kappa shape index (κ3) is 4.35. The lowest BCUT2D eigenvalue weighted by molar-refractivity contribution is 0.680. The van der Waals surface area contributed by atoms with Gasteiger partial charge in [0.2, 0.25) is 0 Å². The lowest BCUT2D eigenvalue weighted by atomic mass is 10.2. The van der Waals surface area contributed by atoms with Crippen LogP contribution in [-0.2, 0) is 16.6 Å². The predicted octanol–water partition coefficient (Wildman–Crippen LogP) is 2.05. The van der Waals surface area contributed by atoms with Gasteiger partial charge in [-0.2, -0.15) is 0 Å². The van der Waals surface area contributed by atoms with Crippen LogP contribution in [0.1, 0.15) is 12.0 Å². The van der Waals surface area contributed by atoms with Gasteiger partial charge in [0.15, 0.2) is 0 Å². The average molecular weight is 276 g/mol. The fraction of sp³-hybridized carbons (Fsp3) is 0.400. The first-order valence-corrected chi connectivity index (χ1v) is 6.80. The van der Waals surface area contributed by atoms with Crippen molar-refractivity contribution in [3.05, 3.63) is 34.3 Å². The first-order chi connectivity index (χ1) is 6.72. The van der Waals surface area contributed by atoms with Gasteiger partial charge in [0, 0.05) is 26.8 Å². The molecule has 78 valence electrons. The van der Waals surface area contributed by atoms with E-state index in [1.54, 1.807) is 0 Å². The van der Waals surface area contributed by atoms with Crippen molar-refractivity contribution in [1.29, 1.82) is 0 Å². The number of hydrogen-bond acceptors (Lipinski definition) is 2. The van der Waals surface area contributed by atoms with Gasteiger partial charge in [0.1, 0.15) is 0 Å². The Morgan fingerprint density at radius 2 is 1.93 bits per heavy atom. The van der Waals surface area contributed by atoms with Gasteiger partial charge in [-0.1, -0.05) is 28.1 Å². The standard InChI is InChI=1S/C10H14BrNOS/c11-10-4-2-9(3-5-10)8-14(13)7-1-6-12/h2-5H,1,6-8,12H2. The molecule has 0 aliphatic rings. The maximum atomic E-state index is 11.5. The Labute approximate surface area is 95.5 Å². The molecule has 0 fully saturated rings. The van der Waals surface area contributed by atoms with Crippen molar-refractivity contribution < 1.29 is 4.21 Å². The Balaban J connectivity index is 2.44. The first-order valence-electron chi connectivity index (χ1n) is 4.52. The molecule has 0 saturated carbocycles. The van der Waals surface area contributed by atoms with Gasteiger partial charge >= 0.3 is 0 Å². The second kappa shape index (κ2) is 6.32.